The third-order valence-electron chi connectivity index (χ3n) is 2.09. The first kappa shape index (κ1) is 8.57. The van der Waals surface area contributed by atoms with Gasteiger partial charge in [0.1, 0.15) is 5.60 Å². The van der Waals surface area contributed by atoms with Gasteiger partial charge in [-0.15, -0.1) is 0 Å². The molecular formula is C9H17NO. The van der Waals surface area contributed by atoms with E-state index in [1.165, 1.54) is 0 Å². The van der Waals surface area contributed by atoms with Crippen LogP contribution in [-0.4, -0.2) is 18.0 Å². The SMILES string of the molecule is CC(C)C[C@H]1N=COC1(C)C. The van der Waals surface area contributed by atoms with Crippen molar-refractivity contribution in [2.75, 3.05) is 0 Å². The Balaban J connectivity index is 2.51. The average Bonchev–Trinajstić information content (AvgIpc) is 2.10. The highest BCUT2D eigenvalue weighted by Gasteiger charge is 2.34. The van der Waals surface area contributed by atoms with E-state index in [9.17, 15) is 0 Å². The Kier molecular flexibility index (Phi) is 2.21. The van der Waals surface area contributed by atoms with Gasteiger partial charge in [-0.3, -0.25) is 4.99 Å². The predicted molar refractivity (Wildman–Crippen MR) is 46.9 cm³/mol. The average molecular weight is 155 g/mol. The molecule has 11 heavy (non-hydrogen) atoms. The number of hydrogen-bond acceptors (Lipinski definition) is 2. The largest absolute Gasteiger partial charge is 0.476 e. The molecule has 0 radical (unpaired) electrons. The number of hydrogen-bond donors (Lipinski definition) is 0. The molecule has 0 saturated heterocycles. The maximum absolute atomic E-state index is 5.36. The van der Waals surface area contributed by atoms with Crippen LogP contribution < -0.4 is 0 Å². The number of aliphatic imine (C=N–C) groups is 1. The van der Waals surface area contributed by atoms with E-state index >= 15 is 0 Å². The van der Waals surface area contributed by atoms with E-state index in [1.807, 2.05) is 0 Å². The van der Waals surface area contributed by atoms with Gasteiger partial charge in [0.2, 0.25) is 0 Å². The molecule has 0 fully saturated rings. The van der Waals surface area contributed by atoms with Crippen molar-refractivity contribution in [2.45, 2.75) is 45.8 Å². The first-order valence-electron chi connectivity index (χ1n) is 4.22. The smallest absolute Gasteiger partial charge is 0.170 e. The lowest BCUT2D eigenvalue weighted by Crippen LogP contribution is -2.33. The maximum Gasteiger partial charge on any atom is 0.170 e. The second-order valence-corrected chi connectivity index (χ2v) is 4.12. The maximum atomic E-state index is 5.36. The van der Waals surface area contributed by atoms with Gasteiger partial charge in [0.15, 0.2) is 6.40 Å². The zero-order chi connectivity index (χ0) is 8.48. The Labute approximate surface area is 68.7 Å². The summed E-state index contributed by atoms with van der Waals surface area (Å²) in [6.45, 7) is 8.61. The van der Waals surface area contributed by atoms with Crippen molar-refractivity contribution in [2.24, 2.45) is 10.9 Å². The summed E-state index contributed by atoms with van der Waals surface area (Å²) in [6.07, 6.45) is 2.70. The van der Waals surface area contributed by atoms with Crippen LogP contribution in [-0.2, 0) is 4.74 Å². The Morgan fingerprint density at radius 1 is 1.55 bits per heavy atom. The molecule has 0 aliphatic carbocycles. The summed E-state index contributed by atoms with van der Waals surface area (Å²) < 4.78 is 5.36. The molecule has 1 aliphatic rings. The lowest BCUT2D eigenvalue weighted by molar-refractivity contribution is 0.0950. The molecule has 1 aliphatic heterocycles. The third-order valence-corrected chi connectivity index (χ3v) is 2.09. The minimum Gasteiger partial charge on any atom is -0.476 e. The van der Waals surface area contributed by atoms with E-state index in [1.54, 1.807) is 6.40 Å². The molecule has 0 aromatic rings. The van der Waals surface area contributed by atoms with Crippen molar-refractivity contribution in [3.05, 3.63) is 0 Å². The summed E-state index contributed by atoms with van der Waals surface area (Å²) in [5.41, 5.74) is -0.0791. The summed E-state index contributed by atoms with van der Waals surface area (Å²) in [5, 5.41) is 0. The van der Waals surface area contributed by atoms with Crippen molar-refractivity contribution in [1.82, 2.24) is 0 Å². The highest BCUT2D eigenvalue weighted by atomic mass is 16.5. The predicted octanol–water partition coefficient (Wildman–Crippen LogP) is 2.24. The minimum atomic E-state index is -0.0791. The molecule has 64 valence electrons. The summed E-state index contributed by atoms with van der Waals surface area (Å²) in [7, 11) is 0. The fourth-order valence-electron chi connectivity index (χ4n) is 1.29. The number of nitrogens with zero attached hydrogens (tertiary/aromatic N) is 1. The van der Waals surface area contributed by atoms with Crippen molar-refractivity contribution >= 4 is 6.40 Å². The van der Waals surface area contributed by atoms with E-state index in [-0.39, 0.29) is 5.60 Å². The molecule has 0 spiro atoms. The first-order chi connectivity index (χ1) is 5.02. The normalized spacial score (nSPS) is 27.5. The molecule has 2 heteroatoms. The van der Waals surface area contributed by atoms with Crippen LogP contribution in [0.5, 0.6) is 0 Å². The van der Waals surface area contributed by atoms with E-state index in [4.69, 9.17) is 4.74 Å². The molecule has 0 aromatic heterocycles. The second-order valence-electron chi connectivity index (χ2n) is 4.12. The zero-order valence-corrected chi connectivity index (χ0v) is 7.79. The Hall–Kier alpha value is -0.530. The van der Waals surface area contributed by atoms with Gasteiger partial charge in [-0.2, -0.15) is 0 Å². The van der Waals surface area contributed by atoms with E-state index in [0.29, 0.717) is 12.0 Å². The molecule has 0 aromatic carbocycles. The lowest BCUT2D eigenvalue weighted by atomic mass is 9.92. The topological polar surface area (TPSA) is 21.6 Å². The molecule has 0 N–H and O–H groups in total. The molecule has 0 unspecified atom stereocenters. The third kappa shape index (κ3) is 1.95. The highest BCUT2D eigenvalue weighted by molar-refractivity contribution is 5.51. The summed E-state index contributed by atoms with van der Waals surface area (Å²) >= 11 is 0. The molecule has 0 bridgehead atoms. The van der Waals surface area contributed by atoms with Crippen molar-refractivity contribution < 1.29 is 4.74 Å². The monoisotopic (exact) mass is 155 g/mol. The summed E-state index contributed by atoms with van der Waals surface area (Å²) in [5.74, 6) is 0.693. The van der Waals surface area contributed by atoms with Gasteiger partial charge in [-0.1, -0.05) is 13.8 Å². The van der Waals surface area contributed by atoms with Crippen LogP contribution in [0.1, 0.15) is 34.1 Å². The standard InChI is InChI=1S/C9H17NO/c1-7(2)5-8-9(3,4)11-6-10-8/h6-8H,5H2,1-4H3/t8-/m1/s1. The van der Waals surface area contributed by atoms with Gasteiger partial charge in [-0.05, 0) is 26.2 Å². The van der Waals surface area contributed by atoms with Gasteiger partial charge >= 0.3 is 0 Å². The highest BCUT2D eigenvalue weighted by Crippen LogP contribution is 2.26. The number of rotatable bonds is 2. The van der Waals surface area contributed by atoms with Gasteiger partial charge in [0, 0.05) is 0 Å². The van der Waals surface area contributed by atoms with Crippen LogP contribution in [0.15, 0.2) is 4.99 Å². The Bertz CT molecular complexity index is 161. The Morgan fingerprint density at radius 2 is 2.18 bits per heavy atom. The Morgan fingerprint density at radius 3 is 2.55 bits per heavy atom. The zero-order valence-electron chi connectivity index (χ0n) is 7.79. The summed E-state index contributed by atoms with van der Waals surface area (Å²) in [4.78, 5) is 4.28. The molecular weight excluding hydrogens is 138 g/mol. The van der Waals surface area contributed by atoms with Gasteiger partial charge < -0.3 is 4.74 Å². The molecule has 0 saturated carbocycles. The van der Waals surface area contributed by atoms with Crippen LogP contribution in [0.25, 0.3) is 0 Å². The number of ether oxygens (including phenoxy) is 1. The van der Waals surface area contributed by atoms with Crippen LogP contribution in [0.2, 0.25) is 0 Å². The lowest BCUT2D eigenvalue weighted by Gasteiger charge is -2.25. The first-order valence-corrected chi connectivity index (χ1v) is 4.22. The van der Waals surface area contributed by atoms with E-state index in [0.717, 1.165) is 6.42 Å². The van der Waals surface area contributed by atoms with E-state index in [2.05, 4.69) is 32.7 Å². The second kappa shape index (κ2) is 2.84. The van der Waals surface area contributed by atoms with Gasteiger partial charge in [0.25, 0.3) is 0 Å². The van der Waals surface area contributed by atoms with Crippen LogP contribution in [0, 0.1) is 5.92 Å². The molecule has 2 nitrogen and oxygen atoms in total. The fourth-order valence-corrected chi connectivity index (χ4v) is 1.29. The fraction of sp³-hybridized carbons (Fsp3) is 0.889. The minimum absolute atomic E-state index is 0.0791. The van der Waals surface area contributed by atoms with Gasteiger partial charge in [0.05, 0.1) is 6.04 Å². The van der Waals surface area contributed by atoms with Gasteiger partial charge in [-0.25, -0.2) is 0 Å². The van der Waals surface area contributed by atoms with Crippen LogP contribution in [0.3, 0.4) is 0 Å². The summed E-state index contributed by atoms with van der Waals surface area (Å²) in [6, 6.07) is 0.350. The van der Waals surface area contributed by atoms with Crippen LogP contribution in [0.4, 0.5) is 0 Å². The molecule has 0 amide bonds. The quantitative estimate of drug-likeness (QED) is 0.599. The van der Waals surface area contributed by atoms with Crippen molar-refractivity contribution in [3.8, 4) is 0 Å². The van der Waals surface area contributed by atoms with Crippen molar-refractivity contribution in [1.29, 1.82) is 0 Å². The van der Waals surface area contributed by atoms with Crippen molar-refractivity contribution in [3.63, 3.8) is 0 Å². The van der Waals surface area contributed by atoms with E-state index < -0.39 is 0 Å². The molecule has 1 heterocycles. The van der Waals surface area contributed by atoms with Crippen LogP contribution >= 0.6 is 0 Å². The molecule has 1 atom stereocenters. The molecule has 1 rings (SSSR count).